The van der Waals surface area contributed by atoms with Gasteiger partial charge in [0.1, 0.15) is 0 Å². The number of nitrogens with zero attached hydrogens (tertiary/aromatic N) is 1. The smallest absolute Gasteiger partial charge is 0.0680 e. The van der Waals surface area contributed by atoms with Gasteiger partial charge in [0, 0.05) is 19.4 Å². The van der Waals surface area contributed by atoms with Crippen LogP contribution in [-0.4, -0.2) is 13.3 Å². The maximum Gasteiger partial charge on any atom is 0.0680 e. The highest BCUT2D eigenvalue weighted by Crippen LogP contribution is 1.77. The molecule has 0 aliphatic heterocycles. The maximum absolute atomic E-state index is 5.17. The Morgan fingerprint density at radius 1 is 1.78 bits per heavy atom. The van der Waals surface area contributed by atoms with Crippen LogP contribution in [-0.2, 0) is 0 Å². The highest BCUT2D eigenvalue weighted by atomic mass is 14.9. The Balaban J connectivity index is 3.84. The minimum Gasteiger partial charge on any atom is -0.403 e. The van der Waals surface area contributed by atoms with Gasteiger partial charge in [-0.1, -0.05) is 6.58 Å². The molecule has 0 aromatic carbocycles. The van der Waals surface area contributed by atoms with E-state index in [9.17, 15) is 0 Å². The van der Waals surface area contributed by atoms with Crippen molar-refractivity contribution in [1.29, 1.82) is 0 Å². The summed E-state index contributed by atoms with van der Waals surface area (Å²) in [6, 6.07) is 0. The molecule has 9 heavy (non-hydrogen) atoms. The van der Waals surface area contributed by atoms with Crippen molar-refractivity contribution in [1.82, 2.24) is 5.32 Å². The predicted octanol–water partition coefficient (Wildman–Crippen LogP) is 0.220. The molecule has 0 atom stereocenters. The first-order valence-electron chi connectivity index (χ1n) is 2.59. The second-order valence-electron chi connectivity index (χ2n) is 1.33. The third-order valence-corrected chi connectivity index (χ3v) is 0.787. The lowest BCUT2D eigenvalue weighted by Gasteiger charge is -1.94. The average Bonchev–Trinajstić information content (AvgIpc) is 1.91. The molecule has 0 fully saturated rings. The highest BCUT2D eigenvalue weighted by Gasteiger charge is 1.79. The van der Waals surface area contributed by atoms with Crippen LogP contribution in [0.4, 0.5) is 0 Å². The van der Waals surface area contributed by atoms with E-state index >= 15 is 0 Å². The zero-order valence-electron chi connectivity index (χ0n) is 5.46. The van der Waals surface area contributed by atoms with Gasteiger partial charge < -0.3 is 11.1 Å². The number of aliphatic imine (C=N–C) groups is 1. The fourth-order valence-corrected chi connectivity index (χ4v) is 0.324. The number of hydrogen-bond acceptors (Lipinski definition) is 3. The van der Waals surface area contributed by atoms with Crippen molar-refractivity contribution >= 4 is 6.21 Å². The minimum absolute atomic E-state index is 0.773. The van der Waals surface area contributed by atoms with E-state index in [0.717, 1.165) is 5.70 Å². The van der Waals surface area contributed by atoms with Gasteiger partial charge in [0.05, 0.1) is 11.9 Å². The second-order valence-corrected chi connectivity index (χ2v) is 1.33. The number of nitrogens with one attached hydrogen (secondary N) is 1. The lowest BCUT2D eigenvalue weighted by molar-refractivity contribution is 1.05. The van der Waals surface area contributed by atoms with Crippen molar-refractivity contribution < 1.29 is 0 Å². The van der Waals surface area contributed by atoms with Gasteiger partial charge in [0.2, 0.25) is 0 Å². The van der Waals surface area contributed by atoms with Crippen LogP contribution in [0, 0.1) is 0 Å². The summed E-state index contributed by atoms with van der Waals surface area (Å²) in [5, 5.41) is 2.83. The molecule has 0 bridgehead atoms. The van der Waals surface area contributed by atoms with E-state index in [0.29, 0.717) is 0 Å². The van der Waals surface area contributed by atoms with E-state index in [-0.39, 0.29) is 0 Å². The van der Waals surface area contributed by atoms with Crippen LogP contribution < -0.4 is 11.1 Å². The zero-order chi connectivity index (χ0) is 7.11. The Morgan fingerprint density at radius 2 is 2.44 bits per heavy atom. The van der Waals surface area contributed by atoms with Crippen molar-refractivity contribution in [3.63, 3.8) is 0 Å². The fraction of sp³-hybridized carbons (Fsp3) is 0.167. The van der Waals surface area contributed by atoms with Crippen LogP contribution in [0.25, 0.3) is 0 Å². The van der Waals surface area contributed by atoms with Crippen molar-refractivity contribution in [2.45, 2.75) is 0 Å². The third-order valence-electron chi connectivity index (χ3n) is 0.787. The Hall–Kier alpha value is -1.25. The molecule has 0 heterocycles. The summed E-state index contributed by atoms with van der Waals surface area (Å²) in [4.78, 5) is 3.74. The molecule has 0 unspecified atom stereocenters. The number of hydrogen-bond donors (Lipinski definition) is 2. The minimum atomic E-state index is 0.773. The molecule has 0 rings (SSSR count). The van der Waals surface area contributed by atoms with Gasteiger partial charge >= 0.3 is 0 Å². The summed E-state index contributed by atoms with van der Waals surface area (Å²) in [6.07, 6.45) is 4.47. The van der Waals surface area contributed by atoms with Crippen molar-refractivity contribution in [2.24, 2.45) is 10.7 Å². The van der Waals surface area contributed by atoms with Crippen molar-refractivity contribution in [3.8, 4) is 0 Å². The van der Waals surface area contributed by atoms with Crippen LogP contribution in [0.2, 0.25) is 0 Å². The monoisotopic (exact) mass is 125 g/mol. The van der Waals surface area contributed by atoms with E-state index in [1.807, 2.05) is 0 Å². The van der Waals surface area contributed by atoms with Gasteiger partial charge in [0.25, 0.3) is 0 Å². The fourth-order valence-electron chi connectivity index (χ4n) is 0.324. The van der Waals surface area contributed by atoms with E-state index in [1.165, 1.54) is 12.4 Å². The molecule has 0 aromatic heterocycles. The number of nitrogens with two attached hydrogens (primary N) is 1. The van der Waals surface area contributed by atoms with Gasteiger partial charge in [-0.25, -0.2) is 0 Å². The molecule has 3 nitrogen and oxygen atoms in total. The van der Waals surface area contributed by atoms with Crippen molar-refractivity contribution in [3.05, 3.63) is 24.7 Å². The normalized spacial score (nSPS) is 11.9. The van der Waals surface area contributed by atoms with E-state index in [2.05, 4.69) is 16.9 Å². The van der Waals surface area contributed by atoms with Crippen LogP contribution in [0.1, 0.15) is 0 Å². The topological polar surface area (TPSA) is 50.4 Å². The number of rotatable bonds is 3. The van der Waals surface area contributed by atoms with Gasteiger partial charge in [-0.05, 0) is 0 Å². The maximum atomic E-state index is 5.17. The van der Waals surface area contributed by atoms with Crippen LogP contribution >= 0.6 is 0 Å². The van der Waals surface area contributed by atoms with E-state index in [4.69, 9.17) is 5.73 Å². The molecule has 0 saturated carbocycles. The Bertz CT molecular complexity index is 135. The molecular formula is C6H11N3. The Kier molecular flexibility index (Phi) is 4.22. The quantitative estimate of drug-likeness (QED) is 0.530. The SMILES string of the molecule is C=CN=C/C(=C\N)NC. The molecular weight excluding hydrogens is 114 g/mol. The first kappa shape index (κ1) is 7.75. The summed E-state index contributed by atoms with van der Waals surface area (Å²) in [5.74, 6) is 0. The van der Waals surface area contributed by atoms with Crippen LogP contribution in [0.5, 0.6) is 0 Å². The molecule has 3 N–H and O–H groups in total. The van der Waals surface area contributed by atoms with E-state index < -0.39 is 0 Å². The lowest BCUT2D eigenvalue weighted by atomic mass is 10.5. The highest BCUT2D eigenvalue weighted by molar-refractivity contribution is 5.77. The molecule has 0 aliphatic rings. The number of allylic oxidation sites excluding steroid dienone is 1. The summed E-state index contributed by atoms with van der Waals surface area (Å²) in [5.41, 5.74) is 5.95. The third kappa shape index (κ3) is 3.34. The molecule has 0 spiro atoms. The standard InChI is InChI=1S/C6H11N3/c1-3-9-5-6(4-7)8-2/h3-5,8H,1,7H2,2H3/b6-4+,9-5?. The van der Waals surface area contributed by atoms with Gasteiger partial charge in [-0.15, -0.1) is 0 Å². The molecule has 0 saturated heterocycles. The summed E-state index contributed by atoms with van der Waals surface area (Å²) >= 11 is 0. The first-order chi connectivity index (χ1) is 4.35. The predicted molar refractivity (Wildman–Crippen MR) is 40.0 cm³/mol. The first-order valence-corrected chi connectivity index (χ1v) is 2.59. The Morgan fingerprint density at radius 3 is 2.78 bits per heavy atom. The molecule has 0 aliphatic carbocycles. The molecule has 0 amide bonds. The van der Waals surface area contributed by atoms with Crippen LogP contribution in [0.15, 0.2) is 29.7 Å². The largest absolute Gasteiger partial charge is 0.403 e. The van der Waals surface area contributed by atoms with Gasteiger partial charge in [0.15, 0.2) is 0 Å². The summed E-state index contributed by atoms with van der Waals surface area (Å²) < 4.78 is 0. The van der Waals surface area contributed by atoms with Gasteiger partial charge in [-0.3, -0.25) is 4.99 Å². The summed E-state index contributed by atoms with van der Waals surface area (Å²) in [6.45, 7) is 3.41. The molecule has 3 heteroatoms. The molecule has 0 aromatic rings. The Labute approximate surface area is 55.0 Å². The average molecular weight is 125 g/mol. The molecule has 50 valence electrons. The lowest BCUT2D eigenvalue weighted by Crippen LogP contribution is -2.08. The van der Waals surface area contributed by atoms with E-state index in [1.54, 1.807) is 13.3 Å². The zero-order valence-corrected chi connectivity index (χ0v) is 5.46. The second kappa shape index (κ2) is 4.90. The van der Waals surface area contributed by atoms with Crippen LogP contribution in [0.3, 0.4) is 0 Å². The summed E-state index contributed by atoms with van der Waals surface area (Å²) in [7, 11) is 1.77. The van der Waals surface area contributed by atoms with Gasteiger partial charge in [-0.2, -0.15) is 0 Å². The molecule has 0 radical (unpaired) electrons. The van der Waals surface area contributed by atoms with Crippen molar-refractivity contribution in [2.75, 3.05) is 7.05 Å².